The minimum atomic E-state index is -0.484. The summed E-state index contributed by atoms with van der Waals surface area (Å²) < 4.78 is 0.940. The normalized spacial score (nSPS) is 22.4. The Morgan fingerprint density at radius 2 is 2.37 bits per heavy atom. The maximum absolute atomic E-state index is 10.3. The van der Waals surface area contributed by atoms with Gasteiger partial charge in [-0.2, -0.15) is 11.8 Å². The molecule has 1 aromatic carbocycles. The number of rotatable bonds is 4. The Balaban J connectivity index is 1.91. The van der Waals surface area contributed by atoms with E-state index in [1.165, 1.54) is 11.5 Å². The molecule has 106 valence electrons. The van der Waals surface area contributed by atoms with Crippen LogP contribution < -0.4 is 0 Å². The van der Waals surface area contributed by atoms with Crippen molar-refractivity contribution in [3.05, 3.63) is 33.3 Å². The summed E-state index contributed by atoms with van der Waals surface area (Å²) in [6.07, 6.45) is 0.249. The standard InChI is InChI=1S/C14H19BrClNOS/c1-10-9-19-7-6-17(10)5-4-14(18)12-3-2-11(15)8-13(12)16/h2-3,8,10,14,18H,4-7,9H2,1H3. The molecule has 0 saturated carbocycles. The lowest BCUT2D eigenvalue weighted by Crippen LogP contribution is -2.41. The van der Waals surface area contributed by atoms with Crippen molar-refractivity contribution in [1.82, 2.24) is 4.90 Å². The molecule has 19 heavy (non-hydrogen) atoms. The number of hydrogen-bond donors (Lipinski definition) is 1. The van der Waals surface area contributed by atoms with Crippen molar-refractivity contribution in [3.63, 3.8) is 0 Å². The summed E-state index contributed by atoms with van der Waals surface area (Å²) in [5.74, 6) is 2.38. The van der Waals surface area contributed by atoms with Gasteiger partial charge in [-0.05, 0) is 31.0 Å². The van der Waals surface area contributed by atoms with Gasteiger partial charge in [0.1, 0.15) is 0 Å². The average Bonchev–Trinajstić information content (AvgIpc) is 2.37. The molecule has 0 radical (unpaired) electrons. The van der Waals surface area contributed by atoms with Gasteiger partial charge in [-0.25, -0.2) is 0 Å². The molecule has 1 aromatic rings. The van der Waals surface area contributed by atoms with E-state index in [1.807, 2.05) is 30.0 Å². The van der Waals surface area contributed by atoms with Crippen LogP contribution in [0.15, 0.2) is 22.7 Å². The smallest absolute Gasteiger partial charge is 0.0816 e. The summed E-state index contributed by atoms with van der Waals surface area (Å²) >= 11 is 11.6. The Labute approximate surface area is 132 Å². The van der Waals surface area contributed by atoms with E-state index in [0.29, 0.717) is 11.1 Å². The van der Waals surface area contributed by atoms with Gasteiger partial charge in [-0.15, -0.1) is 0 Å². The zero-order chi connectivity index (χ0) is 13.8. The molecule has 0 spiro atoms. The van der Waals surface area contributed by atoms with Gasteiger partial charge in [-0.3, -0.25) is 4.90 Å². The van der Waals surface area contributed by atoms with Crippen LogP contribution in [0, 0.1) is 0 Å². The molecular weight excluding hydrogens is 346 g/mol. The number of thioether (sulfide) groups is 1. The lowest BCUT2D eigenvalue weighted by molar-refractivity contribution is 0.133. The Hall–Kier alpha value is 0.260. The topological polar surface area (TPSA) is 23.5 Å². The summed E-state index contributed by atoms with van der Waals surface area (Å²) in [6.45, 7) is 4.30. The predicted octanol–water partition coefficient (Wildman–Crippen LogP) is 3.96. The third kappa shape index (κ3) is 4.36. The lowest BCUT2D eigenvalue weighted by Gasteiger charge is -2.33. The van der Waals surface area contributed by atoms with E-state index < -0.39 is 6.10 Å². The summed E-state index contributed by atoms with van der Waals surface area (Å²) in [7, 11) is 0. The highest BCUT2D eigenvalue weighted by Gasteiger charge is 2.20. The Kier molecular flexibility index (Phi) is 6.03. The number of hydrogen-bond acceptors (Lipinski definition) is 3. The quantitative estimate of drug-likeness (QED) is 0.874. The summed E-state index contributed by atoms with van der Waals surface area (Å²) in [5.41, 5.74) is 0.823. The van der Waals surface area contributed by atoms with Crippen molar-refractivity contribution in [2.45, 2.75) is 25.5 Å². The maximum Gasteiger partial charge on any atom is 0.0816 e. The van der Waals surface area contributed by atoms with E-state index in [2.05, 4.69) is 27.8 Å². The van der Waals surface area contributed by atoms with Crippen LogP contribution in [0.5, 0.6) is 0 Å². The van der Waals surface area contributed by atoms with Crippen molar-refractivity contribution in [2.75, 3.05) is 24.6 Å². The Morgan fingerprint density at radius 3 is 3.05 bits per heavy atom. The third-order valence-electron chi connectivity index (χ3n) is 3.52. The first-order chi connectivity index (χ1) is 9.08. The van der Waals surface area contributed by atoms with Gasteiger partial charge in [-0.1, -0.05) is 33.6 Å². The van der Waals surface area contributed by atoms with Crippen molar-refractivity contribution in [3.8, 4) is 0 Å². The maximum atomic E-state index is 10.3. The molecule has 1 aliphatic heterocycles. The van der Waals surface area contributed by atoms with Gasteiger partial charge >= 0.3 is 0 Å². The largest absolute Gasteiger partial charge is 0.388 e. The fraction of sp³-hybridized carbons (Fsp3) is 0.571. The first kappa shape index (κ1) is 15.6. The average molecular weight is 365 g/mol. The molecule has 2 nitrogen and oxygen atoms in total. The van der Waals surface area contributed by atoms with E-state index in [4.69, 9.17) is 11.6 Å². The van der Waals surface area contributed by atoms with Gasteiger partial charge in [0.25, 0.3) is 0 Å². The van der Waals surface area contributed by atoms with E-state index in [0.717, 1.165) is 29.5 Å². The molecule has 1 aliphatic rings. The van der Waals surface area contributed by atoms with E-state index >= 15 is 0 Å². The van der Waals surface area contributed by atoms with Crippen LogP contribution in [0.3, 0.4) is 0 Å². The second-order valence-corrected chi connectivity index (χ2v) is 7.40. The van der Waals surface area contributed by atoms with Crippen LogP contribution in [-0.4, -0.2) is 40.6 Å². The predicted molar refractivity (Wildman–Crippen MR) is 87.1 cm³/mol. The second-order valence-electron chi connectivity index (χ2n) is 4.93. The van der Waals surface area contributed by atoms with Crippen LogP contribution in [0.2, 0.25) is 5.02 Å². The molecule has 2 unspecified atom stereocenters. The van der Waals surface area contributed by atoms with Gasteiger partial charge in [0.05, 0.1) is 6.10 Å². The number of halogens is 2. The zero-order valence-corrected chi connectivity index (χ0v) is 14.1. The Morgan fingerprint density at radius 1 is 1.58 bits per heavy atom. The summed E-state index contributed by atoms with van der Waals surface area (Å²) in [4.78, 5) is 2.45. The van der Waals surface area contributed by atoms with Crippen molar-refractivity contribution in [1.29, 1.82) is 0 Å². The minimum Gasteiger partial charge on any atom is -0.388 e. The molecule has 0 aromatic heterocycles. The van der Waals surface area contributed by atoms with E-state index in [9.17, 15) is 5.11 Å². The molecule has 2 rings (SSSR count). The van der Waals surface area contributed by atoms with E-state index in [-0.39, 0.29) is 0 Å². The SMILES string of the molecule is CC1CSCCN1CCC(O)c1ccc(Br)cc1Cl. The van der Waals surface area contributed by atoms with Crippen LogP contribution in [0.25, 0.3) is 0 Å². The Bertz CT molecular complexity index is 432. The van der Waals surface area contributed by atoms with E-state index in [1.54, 1.807) is 0 Å². The molecule has 1 saturated heterocycles. The van der Waals surface area contributed by atoms with Gasteiger partial charge < -0.3 is 5.11 Å². The fourth-order valence-corrected chi connectivity index (χ4v) is 4.19. The number of aliphatic hydroxyl groups excluding tert-OH is 1. The molecule has 0 amide bonds. The highest BCUT2D eigenvalue weighted by atomic mass is 79.9. The number of benzene rings is 1. The molecule has 2 atom stereocenters. The fourth-order valence-electron chi connectivity index (χ4n) is 2.31. The first-order valence-electron chi connectivity index (χ1n) is 6.52. The highest BCUT2D eigenvalue weighted by molar-refractivity contribution is 9.10. The lowest BCUT2D eigenvalue weighted by atomic mass is 10.1. The molecule has 0 aliphatic carbocycles. The third-order valence-corrected chi connectivity index (χ3v) is 5.53. The van der Waals surface area contributed by atoms with Crippen LogP contribution in [0.4, 0.5) is 0 Å². The molecule has 1 heterocycles. The van der Waals surface area contributed by atoms with Crippen molar-refractivity contribution < 1.29 is 5.11 Å². The monoisotopic (exact) mass is 363 g/mol. The van der Waals surface area contributed by atoms with Gasteiger partial charge in [0.15, 0.2) is 0 Å². The molecular formula is C14H19BrClNOS. The van der Waals surface area contributed by atoms with Gasteiger partial charge in [0.2, 0.25) is 0 Å². The number of nitrogens with zero attached hydrogens (tertiary/aromatic N) is 1. The van der Waals surface area contributed by atoms with Gasteiger partial charge in [0, 0.05) is 40.1 Å². The first-order valence-corrected chi connectivity index (χ1v) is 8.85. The van der Waals surface area contributed by atoms with Crippen molar-refractivity contribution in [2.24, 2.45) is 0 Å². The van der Waals surface area contributed by atoms with Crippen LogP contribution in [-0.2, 0) is 0 Å². The minimum absolute atomic E-state index is 0.484. The van der Waals surface area contributed by atoms with Crippen molar-refractivity contribution >= 4 is 39.3 Å². The molecule has 0 bridgehead atoms. The molecule has 1 fully saturated rings. The second kappa shape index (κ2) is 7.32. The van der Waals surface area contributed by atoms with Crippen LogP contribution >= 0.6 is 39.3 Å². The molecule has 1 N–H and O–H groups in total. The summed E-state index contributed by atoms with van der Waals surface area (Å²) in [6, 6.07) is 6.25. The van der Waals surface area contributed by atoms with Crippen LogP contribution in [0.1, 0.15) is 25.0 Å². The number of aliphatic hydroxyl groups is 1. The summed E-state index contributed by atoms with van der Waals surface area (Å²) in [5, 5.41) is 10.9. The highest BCUT2D eigenvalue weighted by Crippen LogP contribution is 2.28. The zero-order valence-electron chi connectivity index (χ0n) is 11.0. The molecule has 5 heteroatoms.